The summed E-state index contributed by atoms with van der Waals surface area (Å²) in [5.74, 6) is 1.10. The van der Waals surface area contributed by atoms with Crippen LogP contribution in [0.15, 0.2) is 53.1 Å². The summed E-state index contributed by atoms with van der Waals surface area (Å²) in [6.07, 6.45) is -0.818. The molecule has 0 atom stereocenters. The predicted octanol–water partition coefficient (Wildman–Crippen LogP) is 4.75. The maximum Gasteiger partial charge on any atom is 0.513 e. The molecular formula is C21H18N2O5. The number of ether oxygens (including phenoxy) is 2. The fraction of sp³-hybridized carbons (Fsp3) is 0.143. The van der Waals surface area contributed by atoms with Crippen molar-refractivity contribution in [2.45, 2.75) is 13.8 Å². The van der Waals surface area contributed by atoms with Crippen LogP contribution in [0.2, 0.25) is 0 Å². The number of methoxy groups -OCH3 is 1. The van der Waals surface area contributed by atoms with Crippen molar-refractivity contribution in [1.29, 1.82) is 0 Å². The molecule has 1 N–H and O–H groups in total. The van der Waals surface area contributed by atoms with Gasteiger partial charge in [0.2, 0.25) is 0 Å². The zero-order chi connectivity index (χ0) is 19.8. The third-order valence-corrected chi connectivity index (χ3v) is 4.56. The second kappa shape index (κ2) is 6.77. The molecular weight excluding hydrogens is 360 g/mol. The number of aromatic hydroxyl groups is 1. The Bertz CT molecular complexity index is 1150. The molecule has 7 nitrogen and oxygen atoms in total. The normalized spacial score (nSPS) is 11.0. The lowest BCUT2D eigenvalue weighted by Gasteiger charge is -2.12. The molecule has 7 heteroatoms. The maximum absolute atomic E-state index is 12.0. The standard InChI is InChI=1S/C21H18N2O5/c1-12-18(13(2)28-22-12)19-20(27-21(25)26-3)16-6-4-5-7-17(16)23(19)14-8-10-15(24)11-9-14/h4-11,24H,1-3H3. The van der Waals surface area contributed by atoms with E-state index >= 15 is 0 Å². The minimum Gasteiger partial charge on any atom is -0.508 e. The van der Waals surface area contributed by atoms with Crippen LogP contribution in [0.25, 0.3) is 27.8 Å². The largest absolute Gasteiger partial charge is 0.513 e. The van der Waals surface area contributed by atoms with Crippen molar-refractivity contribution in [3.05, 3.63) is 60.0 Å². The molecule has 0 bridgehead atoms. The highest BCUT2D eigenvalue weighted by Crippen LogP contribution is 2.44. The lowest BCUT2D eigenvalue weighted by atomic mass is 10.1. The van der Waals surface area contributed by atoms with Crippen molar-refractivity contribution in [1.82, 2.24) is 9.72 Å². The number of hydrogen-bond acceptors (Lipinski definition) is 6. The predicted molar refractivity (Wildman–Crippen MR) is 103 cm³/mol. The van der Waals surface area contributed by atoms with Crippen molar-refractivity contribution in [3.63, 3.8) is 0 Å². The van der Waals surface area contributed by atoms with E-state index in [9.17, 15) is 9.90 Å². The molecule has 0 amide bonds. The smallest absolute Gasteiger partial charge is 0.508 e. The summed E-state index contributed by atoms with van der Waals surface area (Å²) in [6, 6.07) is 14.3. The zero-order valence-electron chi connectivity index (χ0n) is 15.6. The van der Waals surface area contributed by atoms with Gasteiger partial charge in [0.15, 0.2) is 5.75 Å². The fourth-order valence-corrected chi connectivity index (χ4v) is 3.35. The van der Waals surface area contributed by atoms with Crippen molar-refractivity contribution >= 4 is 17.1 Å². The van der Waals surface area contributed by atoms with Crippen LogP contribution in [0.5, 0.6) is 11.5 Å². The molecule has 28 heavy (non-hydrogen) atoms. The number of fused-ring (bicyclic) bond motifs is 1. The van der Waals surface area contributed by atoms with Gasteiger partial charge in [-0.25, -0.2) is 4.79 Å². The molecule has 0 radical (unpaired) electrons. The minimum absolute atomic E-state index is 0.158. The SMILES string of the molecule is COC(=O)Oc1c(-c2c(C)noc2C)n(-c2ccc(O)cc2)c2ccccc12. The Hall–Kier alpha value is -3.74. The van der Waals surface area contributed by atoms with Crippen LogP contribution in [0.4, 0.5) is 4.79 Å². The first-order valence-electron chi connectivity index (χ1n) is 8.63. The monoisotopic (exact) mass is 378 g/mol. The average molecular weight is 378 g/mol. The molecule has 0 unspecified atom stereocenters. The summed E-state index contributed by atoms with van der Waals surface area (Å²) in [5, 5.41) is 14.5. The van der Waals surface area contributed by atoms with Gasteiger partial charge in [-0.05, 0) is 50.2 Å². The van der Waals surface area contributed by atoms with Gasteiger partial charge in [0.25, 0.3) is 0 Å². The third-order valence-electron chi connectivity index (χ3n) is 4.56. The van der Waals surface area contributed by atoms with Gasteiger partial charge in [-0.2, -0.15) is 0 Å². The molecule has 0 spiro atoms. The Balaban J connectivity index is 2.13. The van der Waals surface area contributed by atoms with Crippen LogP contribution in [-0.4, -0.2) is 28.1 Å². The van der Waals surface area contributed by atoms with Crippen LogP contribution in [0.3, 0.4) is 0 Å². The Kier molecular flexibility index (Phi) is 4.27. The lowest BCUT2D eigenvalue weighted by molar-refractivity contribution is 0.122. The fourth-order valence-electron chi connectivity index (χ4n) is 3.35. The number of phenols is 1. The lowest BCUT2D eigenvalue weighted by Crippen LogP contribution is -2.08. The number of aromatic nitrogens is 2. The second-order valence-electron chi connectivity index (χ2n) is 6.30. The first-order valence-corrected chi connectivity index (χ1v) is 8.63. The number of carbonyl (C=O) groups is 1. The number of carbonyl (C=O) groups excluding carboxylic acids is 1. The number of aryl methyl sites for hydroxylation is 2. The first kappa shape index (κ1) is 17.7. The van der Waals surface area contributed by atoms with E-state index in [1.54, 1.807) is 31.2 Å². The number of hydrogen-bond donors (Lipinski definition) is 1. The molecule has 2 heterocycles. The molecule has 0 saturated heterocycles. The van der Waals surface area contributed by atoms with Gasteiger partial charge in [0.05, 0.1) is 23.9 Å². The van der Waals surface area contributed by atoms with Gasteiger partial charge < -0.3 is 23.7 Å². The van der Waals surface area contributed by atoms with Gasteiger partial charge in [-0.1, -0.05) is 17.3 Å². The zero-order valence-corrected chi connectivity index (χ0v) is 15.6. The summed E-state index contributed by atoms with van der Waals surface area (Å²) < 4.78 is 17.6. The molecule has 142 valence electrons. The van der Waals surface area contributed by atoms with Crippen molar-refractivity contribution in [3.8, 4) is 28.4 Å². The quantitative estimate of drug-likeness (QED) is 0.518. The number of rotatable bonds is 3. The highest BCUT2D eigenvalue weighted by molar-refractivity contribution is 5.99. The van der Waals surface area contributed by atoms with E-state index in [1.165, 1.54) is 7.11 Å². The van der Waals surface area contributed by atoms with Gasteiger partial charge in [0.1, 0.15) is 17.2 Å². The summed E-state index contributed by atoms with van der Waals surface area (Å²) in [7, 11) is 1.26. The summed E-state index contributed by atoms with van der Waals surface area (Å²) in [6.45, 7) is 3.63. The Morgan fingerprint density at radius 3 is 2.46 bits per heavy atom. The molecule has 2 aromatic carbocycles. The second-order valence-corrected chi connectivity index (χ2v) is 6.30. The van der Waals surface area contributed by atoms with E-state index in [2.05, 4.69) is 5.16 Å². The number of nitrogens with zero attached hydrogens (tertiary/aromatic N) is 2. The third kappa shape index (κ3) is 2.77. The van der Waals surface area contributed by atoms with E-state index in [1.807, 2.05) is 35.8 Å². The Morgan fingerprint density at radius 2 is 1.82 bits per heavy atom. The van der Waals surface area contributed by atoms with E-state index in [-0.39, 0.29) is 5.75 Å². The average Bonchev–Trinajstić information content (AvgIpc) is 3.19. The van der Waals surface area contributed by atoms with E-state index in [0.717, 1.165) is 22.2 Å². The summed E-state index contributed by atoms with van der Waals surface area (Å²) in [4.78, 5) is 12.0. The van der Waals surface area contributed by atoms with Gasteiger partial charge in [-0.3, -0.25) is 0 Å². The molecule has 0 aliphatic heterocycles. The molecule has 0 aliphatic rings. The molecule has 0 fully saturated rings. The van der Waals surface area contributed by atoms with Gasteiger partial charge in [-0.15, -0.1) is 0 Å². The molecule has 0 aliphatic carbocycles. The van der Waals surface area contributed by atoms with Gasteiger partial charge >= 0.3 is 6.16 Å². The van der Waals surface area contributed by atoms with Crippen molar-refractivity contribution in [2.24, 2.45) is 0 Å². The molecule has 4 aromatic rings. The molecule has 2 aromatic heterocycles. The van der Waals surface area contributed by atoms with Crippen LogP contribution < -0.4 is 4.74 Å². The Morgan fingerprint density at radius 1 is 1.11 bits per heavy atom. The first-order chi connectivity index (χ1) is 13.5. The summed E-state index contributed by atoms with van der Waals surface area (Å²) >= 11 is 0. The highest BCUT2D eigenvalue weighted by atomic mass is 16.7. The topological polar surface area (TPSA) is 86.7 Å². The Labute approximate surface area is 160 Å². The minimum atomic E-state index is -0.818. The molecule has 0 saturated carbocycles. The highest BCUT2D eigenvalue weighted by Gasteiger charge is 2.27. The maximum atomic E-state index is 12.0. The summed E-state index contributed by atoms with van der Waals surface area (Å²) in [5.41, 5.74) is 3.61. The van der Waals surface area contributed by atoms with Crippen molar-refractivity contribution < 1.29 is 23.9 Å². The number of phenolic OH excluding ortho intramolecular Hbond substituents is 1. The van der Waals surface area contributed by atoms with Crippen LogP contribution >= 0.6 is 0 Å². The van der Waals surface area contributed by atoms with E-state index in [4.69, 9.17) is 14.0 Å². The molecule has 4 rings (SSSR count). The van der Waals surface area contributed by atoms with Crippen LogP contribution in [-0.2, 0) is 4.74 Å². The number of para-hydroxylation sites is 1. The van der Waals surface area contributed by atoms with Crippen LogP contribution in [0, 0.1) is 13.8 Å². The van der Waals surface area contributed by atoms with E-state index < -0.39 is 6.16 Å². The van der Waals surface area contributed by atoms with Crippen LogP contribution in [0.1, 0.15) is 11.5 Å². The van der Waals surface area contributed by atoms with Gasteiger partial charge in [0, 0.05) is 11.1 Å². The van der Waals surface area contributed by atoms with E-state index in [0.29, 0.717) is 22.9 Å². The number of benzene rings is 2. The van der Waals surface area contributed by atoms with Crippen molar-refractivity contribution in [2.75, 3.05) is 7.11 Å².